The monoisotopic (exact) mass is 477 g/mol. The molecule has 182 valence electrons. The van der Waals surface area contributed by atoms with Crippen LogP contribution in [0.25, 0.3) is 16.9 Å². The van der Waals surface area contributed by atoms with Gasteiger partial charge in [-0.1, -0.05) is 0 Å². The lowest BCUT2D eigenvalue weighted by molar-refractivity contribution is -0.141. The summed E-state index contributed by atoms with van der Waals surface area (Å²) in [6.45, 7) is 5.73. The number of alkyl carbamates (subject to hydrolysis) is 1. The fourth-order valence-electron chi connectivity index (χ4n) is 3.00. The largest absolute Gasteiger partial charge is 0.497 e. The number of rotatable bonds is 7. The molecule has 1 aromatic heterocycles. The SMILES string of the molecule is COc1ccc(-n2nc(C(F)(F)F)cc2-c2ccc(OCCNC(=O)OC(C)(C)C)cc2)cc1. The molecule has 0 atom stereocenters. The molecule has 0 bridgehead atoms. The number of carbonyl (C=O) groups excluding carboxylic acids is 1. The Kier molecular flexibility index (Phi) is 7.38. The number of nitrogens with one attached hydrogen (secondary N) is 1. The number of methoxy groups -OCH3 is 1. The Bertz CT molecular complexity index is 1100. The second kappa shape index (κ2) is 10.1. The number of ether oxygens (including phenoxy) is 3. The van der Waals surface area contributed by atoms with E-state index in [0.717, 1.165) is 6.07 Å². The lowest BCUT2D eigenvalue weighted by Gasteiger charge is -2.19. The average Bonchev–Trinajstić information content (AvgIpc) is 3.22. The van der Waals surface area contributed by atoms with Crippen LogP contribution in [-0.4, -0.2) is 41.7 Å². The molecule has 1 amide bonds. The van der Waals surface area contributed by atoms with E-state index in [1.165, 1.54) is 11.8 Å². The molecule has 0 radical (unpaired) electrons. The second-order valence-electron chi connectivity index (χ2n) is 8.32. The smallest absolute Gasteiger partial charge is 0.435 e. The lowest BCUT2D eigenvalue weighted by Crippen LogP contribution is -2.34. The molecule has 7 nitrogen and oxygen atoms in total. The van der Waals surface area contributed by atoms with E-state index in [9.17, 15) is 18.0 Å². The summed E-state index contributed by atoms with van der Waals surface area (Å²) in [5, 5.41) is 6.36. The summed E-state index contributed by atoms with van der Waals surface area (Å²) in [4.78, 5) is 11.6. The minimum Gasteiger partial charge on any atom is -0.497 e. The van der Waals surface area contributed by atoms with Crippen LogP contribution in [0, 0.1) is 0 Å². The van der Waals surface area contributed by atoms with Gasteiger partial charge in [-0.05, 0) is 75.4 Å². The Labute approximate surface area is 195 Å². The van der Waals surface area contributed by atoms with Crippen molar-refractivity contribution in [1.29, 1.82) is 0 Å². The molecule has 1 heterocycles. The normalized spacial score (nSPS) is 11.7. The van der Waals surface area contributed by atoms with Crippen LogP contribution < -0.4 is 14.8 Å². The van der Waals surface area contributed by atoms with Crippen molar-refractivity contribution in [3.63, 3.8) is 0 Å². The highest BCUT2D eigenvalue weighted by molar-refractivity contribution is 5.67. The number of amides is 1. The van der Waals surface area contributed by atoms with E-state index in [1.807, 2.05) is 0 Å². The minimum atomic E-state index is -4.59. The summed E-state index contributed by atoms with van der Waals surface area (Å²) in [6, 6.07) is 14.1. The maximum absolute atomic E-state index is 13.4. The first-order valence-corrected chi connectivity index (χ1v) is 10.5. The van der Waals surface area contributed by atoms with Gasteiger partial charge in [-0.2, -0.15) is 18.3 Å². The van der Waals surface area contributed by atoms with E-state index >= 15 is 0 Å². The number of aromatic nitrogens is 2. The Balaban J connectivity index is 1.73. The molecule has 0 unspecified atom stereocenters. The Hall–Kier alpha value is -3.69. The van der Waals surface area contributed by atoms with Gasteiger partial charge in [0.2, 0.25) is 0 Å². The third-order valence-corrected chi connectivity index (χ3v) is 4.51. The van der Waals surface area contributed by atoms with Gasteiger partial charge in [0.15, 0.2) is 5.69 Å². The highest BCUT2D eigenvalue weighted by Crippen LogP contribution is 2.34. The molecule has 0 spiro atoms. The highest BCUT2D eigenvalue weighted by atomic mass is 19.4. The van der Waals surface area contributed by atoms with Crippen LogP contribution in [0.2, 0.25) is 0 Å². The van der Waals surface area contributed by atoms with E-state index in [0.29, 0.717) is 22.7 Å². The van der Waals surface area contributed by atoms with E-state index in [-0.39, 0.29) is 18.8 Å². The first-order chi connectivity index (χ1) is 16.0. The molecule has 2 aromatic carbocycles. The van der Waals surface area contributed by atoms with Gasteiger partial charge in [-0.25, -0.2) is 9.48 Å². The molecule has 0 fully saturated rings. The summed E-state index contributed by atoms with van der Waals surface area (Å²) in [5.41, 5.74) is -0.328. The van der Waals surface area contributed by atoms with Gasteiger partial charge in [0.25, 0.3) is 0 Å². The average molecular weight is 477 g/mol. The molecule has 10 heteroatoms. The molecule has 1 N–H and O–H groups in total. The zero-order valence-electron chi connectivity index (χ0n) is 19.3. The van der Waals surface area contributed by atoms with E-state index in [2.05, 4.69) is 10.4 Å². The van der Waals surface area contributed by atoms with Gasteiger partial charge in [0.05, 0.1) is 25.0 Å². The van der Waals surface area contributed by atoms with Crippen molar-refractivity contribution in [3.05, 3.63) is 60.3 Å². The number of hydrogen-bond donors (Lipinski definition) is 1. The van der Waals surface area contributed by atoms with Crippen molar-refractivity contribution in [2.45, 2.75) is 32.5 Å². The summed E-state index contributed by atoms with van der Waals surface area (Å²) in [6.07, 6.45) is -5.13. The van der Waals surface area contributed by atoms with Crippen LogP contribution in [0.5, 0.6) is 11.5 Å². The van der Waals surface area contributed by atoms with Crippen LogP contribution in [-0.2, 0) is 10.9 Å². The fourth-order valence-corrected chi connectivity index (χ4v) is 3.00. The molecule has 34 heavy (non-hydrogen) atoms. The number of benzene rings is 2. The quantitative estimate of drug-likeness (QED) is 0.457. The number of carbonyl (C=O) groups is 1. The van der Waals surface area contributed by atoms with Crippen molar-refractivity contribution in [3.8, 4) is 28.4 Å². The van der Waals surface area contributed by atoms with Crippen LogP contribution in [0.15, 0.2) is 54.6 Å². The fraction of sp³-hybridized carbons (Fsp3) is 0.333. The maximum atomic E-state index is 13.4. The standard InChI is InChI=1S/C24H26F3N3O4/c1-23(2,3)34-22(31)28-13-14-33-19-9-5-16(6-10-19)20-15-21(24(25,26)27)29-30(20)17-7-11-18(32-4)12-8-17/h5-12,15H,13-14H2,1-4H3,(H,28,31). The van der Waals surface area contributed by atoms with Crippen LogP contribution in [0.1, 0.15) is 26.5 Å². The minimum absolute atomic E-state index is 0.195. The van der Waals surface area contributed by atoms with Crippen LogP contribution >= 0.6 is 0 Å². The van der Waals surface area contributed by atoms with Crippen LogP contribution in [0.3, 0.4) is 0 Å². The molecule has 3 aromatic rings. The third kappa shape index (κ3) is 6.66. The Morgan fingerprint density at radius 2 is 1.62 bits per heavy atom. The van der Waals surface area contributed by atoms with Gasteiger partial charge >= 0.3 is 12.3 Å². The molecular weight excluding hydrogens is 451 g/mol. The van der Waals surface area contributed by atoms with Gasteiger partial charge in [-0.15, -0.1) is 0 Å². The van der Waals surface area contributed by atoms with Crippen molar-refractivity contribution in [1.82, 2.24) is 15.1 Å². The Morgan fingerprint density at radius 1 is 1.00 bits per heavy atom. The molecule has 0 aliphatic rings. The summed E-state index contributed by atoms with van der Waals surface area (Å²) < 4.78 is 57.2. The predicted octanol–water partition coefficient (Wildman–Crippen LogP) is 5.47. The molecule has 0 saturated heterocycles. The Morgan fingerprint density at radius 3 is 2.18 bits per heavy atom. The zero-order valence-corrected chi connectivity index (χ0v) is 19.3. The molecular formula is C24H26F3N3O4. The van der Waals surface area contributed by atoms with Crippen molar-refractivity contribution >= 4 is 6.09 Å². The molecule has 0 aliphatic heterocycles. The predicted molar refractivity (Wildman–Crippen MR) is 120 cm³/mol. The number of alkyl halides is 3. The summed E-state index contributed by atoms with van der Waals surface area (Å²) in [5.74, 6) is 1.08. The highest BCUT2D eigenvalue weighted by Gasteiger charge is 2.35. The second-order valence-corrected chi connectivity index (χ2v) is 8.32. The van der Waals surface area contributed by atoms with E-state index in [1.54, 1.807) is 69.3 Å². The number of nitrogens with zero attached hydrogens (tertiary/aromatic N) is 2. The van der Waals surface area contributed by atoms with Gasteiger partial charge in [-0.3, -0.25) is 0 Å². The molecule has 3 rings (SSSR count). The molecule has 0 aliphatic carbocycles. The van der Waals surface area contributed by atoms with Crippen LogP contribution in [0.4, 0.5) is 18.0 Å². The maximum Gasteiger partial charge on any atom is 0.435 e. The zero-order chi connectivity index (χ0) is 24.9. The first kappa shape index (κ1) is 24.9. The van der Waals surface area contributed by atoms with Gasteiger partial charge < -0.3 is 19.5 Å². The lowest BCUT2D eigenvalue weighted by atomic mass is 10.1. The van der Waals surface area contributed by atoms with Gasteiger partial charge in [0, 0.05) is 5.56 Å². The van der Waals surface area contributed by atoms with Crippen molar-refractivity contribution in [2.75, 3.05) is 20.3 Å². The van der Waals surface area contributed by atoms with E-state index < -0.39 is 23.6 Å². The van der Waals surface area contributed by atoms with Crippen molar-refractivity contribution < 1.29 is 32.2 Å². The molecule has 0 saturated carbocycles. The summed E-state index contributed by atoms with van der Waals surface area (Å²) in [7, 11) is 1.51. The van der Waals surface area contributed by atoms with Crippen molar-refractivity contribution in [2.24, 2.45) is 0 Å². The summed E-state index contributed by atoms with van der Waals surface area (Å²) >= 11 is 0. The van der Waals surface area contributed by atoms with E-state index in [4.69, 9.17) is 14.2 Å². The topological polar surface area (TPSA) is 74.6 Å². The van der Waals surface area contributed by atoms with Gasteiger partial charge in [0.1, 0.15) is 23.7 Å². The first-order valence-electron chi connectivity index (χ1n) is 10.5. The number of hydrogen-bond acceptors (Lipinski definition) is 5. The third-order valence-electron chi connectivity index (χ3n) is 4.51. The number of halogens is 3.